The molecule has 1 aromatic carbocycles. The summed E-state index contributed by atoms with van der Waals surface area (Å²) in [5.74, 6) is 0. The molecular formula is C10H7BrCl2N2S. The molecule has 0 atom stereocenters. The average Bonchev–Trinajstić information content (AvgIpc) is 2.66. The first-order valence-electron chi connectivity index (χ1n) is 4.44. The van der Waals surface area contributed by atoms with Crippen LogP contribution >= 0.6 is 50.5 Å². The third kappa shape index (κ3) is 3.10. The first kappa shape index (κ1) is 12.2. The maximum Gasteiger partial charge on any atom is 0.183 e. The van der Waals surface area contributed by atoms with Crippen molar-refractivity contribution < 1.29 is 0 Å². The molecule has 0 radical (unpaired) electrons. The zero-order chi connectivity index (χ0) is 11.5. The standard InChI is InChI=1S/C10H7BrCl2N2S/c11-8-2-1-6(12)3-9(8)14-4-7-5-15-10(13)16-7/h1-3,5,14H,4H2. The summed E-state index contributed by atoms with van der Waals surface area (Å²) in [5.41, 5.74) is 0.956. The smallest absolute Gasteiger partial charge is 0.183 e. The van der Waals surface area contributed by atoms with Crippen molar-refractivity contribution in [2.45, 2.75) is 6.54 Å². The molecule has 2 aromatic rings. The van der Waals surface area contributed by atoms with Crippen molar-refractivity contribution in [3.05, 3.63) is 43.2 Å². The van der Waals surface area contributed by atoms with Crippen molar-refractivity contribution >= 4 is 56.2 Å². The first-order valence-corrected chi connectivity index (χ1v) is 6.81. The van der Waals surface area contributed by atoms with E-state index < -0.39 is 0 Å². The normalized spacial score (nSPS) is 10.4. The van der Waals surface area contributed by atoms with Crippen LogP contribution in [-0.2, 0) is 6.54 Å². The molecule has 2 rings (SSSR count). The van der Waals surface area contributed by atoms with Gasteiger partial charge in [0, 0.05) is 20.6 Å². The minimum absolute atomic E-state index is 0.557. The van der Waals surface area contributed by atoms with Gasteiger partial charge in [-0.15, -0.1) is 11.3 Å². The number of rotatable bonds is 3. The molecule has 6 heteroatoms. The number of nitrogens with zero attached hydrogens (tertiary/aromatic N) is 1. The van der Waals surface area contributed by atoms with Gasteiger partial charge in [0.15, 0.2) is 4.47 Å². The monoisotopic (exact) mass is 336 g/mol. The zero-order valence-electron chi connectivity index (χ0n) is 8.01. The molecule has 0 bridgehead atoms. The van der Waals surface area contributed by atoms with Crippen molar-refractivity contribution in [3.63, 3.8) is 0 Å². The van der Waals surface area contributed by atoms with Gasteiger partial charge < -0.3 is 5.32 Å². The molecule has 0 spiro atoms. The SMILES string of the molecule is Clc1ccc(Br)c(NCc2cnc(Cl)s2)c1. The molecule has 16 heavy (non-hydrogen) atoms. The molecule has 0 saturated carbocycles. The number of hydrogen-bond donors (Lipinski definition) is 1. The lowest BCUT2D eigenvalue weighted by atomic mass is 10.3. The largest absolute Gasteiger partial charge is 0.379 e. The van der Waals surface area contributed by atoms with Crippen LogP contribution in [0.5, 0.6) is 0 Å². The molecule has 0 aliphatic rings. The maximum absolute atomic E-state index is 5.91. The highest BCUT2D eigenvalue weighted by atomic mass is 79.9. The summed E-state index contributed by atoms with van der Waals surface area (Å²) in [7, 11) is 0. The lowest BCUT2D eigenvalue weighted by Crippen LogP contribution is -1.97. The van der Waals surface area contributed by atoms with E-state index in [-0.39, 0.29) is 0 Å². The molecule has 0 aliphatic carbocycles. The number of aromatic nitrogens is 1. The van der Waals surface area contributed by atoms with Crippen molar-refractivity contribution in [2.24, 2.45) is 0 Å². The van der Waals surface area contributed by atoms with Crippen molar-refractivity contribution in [1.82, 2.24) is 4.98 Å². The summed E-state index contributed by atoms with van der Waals surface area (Å²) in [6, 6.07) is 5.61. The Hall–Kier alpha value is -0.290. The topological polar surface area (TPSA) is 24.9 Å². The maximum atomic E-state index is 5.91. The Morgan fingerprint density at radius 3 is 2.88 bits per heavy atom. The van der Waals surface area contributed by atoms with Crippen LogP contribution in [0.25, 0.3) is 0 Å². The number of nitrogens with one attached hydrogen (secondary N) is 1. The second kappa shape index (κ2) is 5.36. The molecule has 0 saturated heterocycles. The molecule has 0 fully saturated rings. The lowest BCUT2D eigenvalue weighted by Gasteiger charge is -2.07. The molecule has 84 valence electrons. The Morgan fingerprint density at radius 1 is 1.38 bits per heavy atom. The average molecular weight is 338 g/mol. The number of thiazole rings is 1. The molecule has 0 amide bonds. The first-order chi connectivity index (χ1) is 7.65. The highest BCUT2D eigenvalue weighted by molar-refractivity contribution is 9.10. The van der Waals surface area contributed by atoms with E-state index in [0.717, 1.165) is 15.0 Å². The van der Waals surface area contributed by atoms with Gasteiger partial charge in [0.2, 0.25) is 0 Å². The minimum atomic E-state index is 0.557. The van der Waals surface area contributed by atoms with E-state index in [1.165, 1.54) is 11.3 Å². The summed E-state index contributed by atoms with van der Waals surface area (Å²) in [6.07, 6.45) is 1.76. The predicted molar refractivity (Wildman–Crippen MR) is 73.6 cm³/mol. The van der Waals surface area contributed by atoms with Crippen LogP contribution in [0.4, 0.5) is 5.69 Å². The summed E-state index contributed by atoms with van der Waals surface area (Å²) < 4.78 is 1.54. The number of halogens is 3. The zero-order valence-corrected chi connectivity index (χ0v) is 11.9. The van der Waals surface area contributed by atoms with Gasteiger partial charge in [-0.05, 0) is 34.1 Å². The van der Waals surface area contributed by atoms with Crippen molar-refractivity contribution in [2.75, 3.05) is 5.32 Å². The lowest BCUT2D eigenvalue weighted by molar-refractivity contribution is 1.17. The Kier molecular flexibility index (Phi) is 4.08. The van der Waals surface area contributed by atoms with E-state index >= 15 is 0 Å². The molecule has 0 unspecified atom stereocenters. The predicted octanol–water partition coefficient (Wildman–Crippen LogP) is 4.82. The van der Waals surface area contributed by atoms with Crippen LogP contribution in [0.2, 0.25) is 9.49 Å². The van der Waals surface area contributed by atoms with Gasteiger partial charge in [-0.2, -0.15) is 0 Å². The molecule has 0 aliphatic heterocycles. The highest BCUT2D eigenvalue weighted by Crippen LogP contribution is 2.27. The molecule has 1 heterocycles. The molecule has 1 N–H and O–H groups in total. The van der Waals surface area contributed by atoms with E-state index in [9.17, 15) is 0 Å². The van der Waals surface area contributed by atoms with Crippen LogP contribution < -0.4 is 5.32 Å². The fourth-order valence-electron chi connectivity index (χ4n) is 1.18. The third-order valence-corrected chi connectivity index (χ3v) is 3.95. The molecule has 1 aromatic heterocycles. The summed E-state index contributed by atoms with van der Waals surface area (Å²) in [6.45, 7) is 0.684. The number of hydrogen-bond acceptors (Lipinski definition) is 3. The van der Waals surface area contributed by atoms with E-state index in [4.69, 9.17) is 23.2 Å². The van der Waals surface area contributed by atoms with Crippen LogP contribution in [0.3, 0.4) is 0 Å². The van der Waals surface area contributed by atoms with Gasteiger partial charge in [0.05, 0.1) is 12.2 Å². The van der Waals surface area contributed by atoms with E-state index in [1.54, 1.807) is 6.20 Å². The van der Waals surface area contributed by atoms with Crippen LogP contribution in [0.15, 0.2) is 28.9 Å². The second-order valence-electron chi connectivity index (χ2n) is 3.06. The van der Waals surface area contributed by atoms with Gasteiger partial charge in [-0.1, -0.05) is 23.2 Å². The summed E-state index contributed by atoms with van der Waals surface area (Å²) >= 11 is 16.6. The van der Waals surface area contributed by atoms with Gasteiger partial charge >= 0.3 is 0 Å². The highest BCUT2D eigenvalue weighted by Gasteiger charge is 2.02. The fourth-order valence-corrected chi connectivity index (χ4v) is 2.66. The molecular weight excluding hydrogens is 331 g/mol. The molecule has 2 nitrogen and oxygen atoms in total. The third-order valence-electron chi connectivity index (χ3n) is 1.91. The number of anilines is 1. The Labute approximate surface area is 116 Å². The minimum Gasteiger partial charge on any atom is -0.379 e. The Morgan fingerprint density at radius 2 is 2.19 bits per heavy atom. The Balaban J connectivity index is 2.07. The van der Waals surface area contributed by atoms with Crippen LogP contribution in [0.1, 0.15) is 4.88 Å². The van der Waals surface area contributed by atoms with Gasteiger partial charge in [0.1, 0.15) is 0 Å². The fraction of sp³-hybridized carbons (Fsp3) is 0.100. The van der Waals surface area contributed by atoms with Gasteiger partial charge in [0.25, 0.3) is 0 Å². The van der Waals surface area contributed by atoms with Gasteiger partial charge in [-0.3, -0.25) is 0 Å². The second-order valence-corrected chi connectivity index (χ2v) is 6.05. The van der Waals surface area contributed by atoms with Crippen molar-refractivity contribution in [3.8, 4) is 0 Å². The van der Waals surface area contributed by atoms with Gasteiger partial charge in [-0.25, -0.2) is 4.98 Å². The van der Waals surface area contributed by atoms with Crippen LogP contribution in [0, 0.1) is 0 Å². The van der Waals surface area contributed by atoms with Crippen LogP contribution in [-0.4, -0.2) is 4.98 Å². The quantitative estimate of drug-likeness (QED) is 0.868. The number of benzene rings is 1. The van der Waals surface area contributed by atoms with E-state index in [1.807, 2.05) is 18.2 Å². The van der Waals surface area contributed by atoms with E-state index in [2.05, 4.69) is 26.2 Å². The van der Waals surface area contributed by atoms with E-state index in [0.29, 0.717) is 16.0 Å². The summed E-state index contributed by atoms with van der Waals surface area (Å²) in [4.78, 5) is 5.06. The summed E-state index contributed by atoms with van der Waals surface area (Å²) in [5, 5.41) is 3.97. The van der Waals surface area contributed by atoms with Crippen molar-refractivity contribution in [1.29, 1.82) is 0 Å². The Bertz CT molecular complexity index is 501.